The van der Waals surface area contributed by atoms with E-state index in [-0.39, 0.29) is 0 Å². The van der Waals surface area contributed by atoms with Gasteiger partial charge in [-0.25, -0.2) is 0 Å². The Morgan fingerprint density at radius 1 is 1.75 bits per heavy atom. The summed E-state index contributed by atoms with van der Waals surface area (Å²) < 4.78 is 6.00. The molecule has 1 aromatic heterocycles. The molecule has 0 bridgehead atoms. The van der Waals surface area contributed by atoms with E-state index in [0.717, 1.165) is 12.6 Å². The normalized spacial score (nSPS) is 22.2. The molecule has 2 nitrogen and oxygen atoms in total. The van der Waals surface area contributed by atoms with Crippen molar-refractivity contribution in [3.8, 4) is 0 Å². The molecular formula is C9H14N2Se. The summed E-state index contributed by atoms with van der Waals surface area (Å²) in [6.45, 7) is 3.28. The quantitative estimate of drug-likeness (QED) is 0.751. The Hall–Kier alpha value is -0.111. The fourth-order valence-electron chi connectivity index (χ4n) is 1.78. The van der Waals surface area contributed by atoms with Gasteiger partial charge in [-0.1, -0.05) is 0 Å². The van der Waals surface area contributed by atoms with Crippen molar-refractivity contribution in [2.24, 2.45) is 0 Å². The van der Waals surface area contributed by atoms with E-state index in [0.29, 0.717) is 14.7 Å². The number of likely N-dealkylation sites (N-methyl/N-ethyl adjacent to an activating group) is 1. The van der Waals surface area contributed by atoms with Crippen LogP contribution in [0, 0.1) is 0 Å². The van der Waals surface area contributed by atoms with Gasteiger partial charge >= 0.3 is 79.0 Å². The summed E-state index contributed by atoms with van der Waals surface area (Å²) in [4.78, 5) is 0. The average Bonchev–Trinajstić information content (AvgIpc) is 2.51. The van der Waals surface area contributed by atoms with Gasteiger partial charge in [0, 0.05) is 0 Å². The second kappa shape index (κ2) is 3.73. The molecule has 0 radical (unpaired) electrons. The maximum atomic E-state index is 4.36. The van der Waals surface area contributed by atoms with Crippen molar-refractivity contribution in [2.45, 2.75) is 32.2 Å². The Morgan fingerprint density at radius 3 is 3.50 bits per heavy atom. The summed E-state index contributed by atoms with van der Waals surface area (Å²) in [5.41, 5.74) is 1.55. The first-order chi connectivity index (χ1) is 5.90. The van der Waals surface area contributed by atoms with E-state index in [9.17, 15) is 0 Å². The van der Waals surface area contributed by atoms with Gasteiger partial charge in [0.25, 0.3) is 0 Å². The molecule has 66 valence electrons. The van der Waals surface area contributed by atoms with E-state index in [1.54, 1.807) is 10.0 Å². The minimum atomic E-state index is 0.448. The summed E-state index contributed by atoms with van der Waals surface area (Å²) in [5, 5.41) is 3.52. The van der Waals surface area contributed by atoms with Gasteiger partial charge < -0.3 is 0 Å². The van der Waals surface area contributed by atoms with Crippen LogP contribution in [0.1, 0.15) is 23.3 Å². The van der Waals surface area contributed by atoms with E-state index < -0.39 is 0 Å². The molecule has 2 rings (SSSR count). The molecule has 1 aromatic rings. The molecule has 1 heterocycles. The summed E-state index contributed by atoms with van der Waals surface area (Å²) in [6.07, 6.45) is 5.90. The Morgan fingerprint density at radius 2 is 2.67 bits per heavy atom. The van der Waals surface area contributed by atoms with Gasteiger partial charge in [-0.2, -0.15) is 0 Å². The number of fused-ring (bicyclic) bond motifs is 1. The van der Waals surface area contributed by atoms with E-state index in [1.807, 2.05) is 0 Å². The van der Waals surface area contributed by atoms with Crippen molar-refractivity contribution in [2.75, 3.05) is 6.54 Å². The van der Waals surface area contributed by atoms with Crippen LogP contribution in [0.5, 0.6) is 0 Å². The van der Waals surface area contributed by atoms with Gasteiger partial charge in [-0.3, -0.25) is 0 Å². The van der Waals surface area contributed by atoms with Crippen LogP contribution in [0.15, 0.2) is 6.20 Å². The van der Waals surface area contributed by atoms with Crippen LogP contribution in [-0.2, 0) is 12.8 Å². The van der Waals surface area contributed by atoms with Gasteiger partial charge in [-0.05, 0) is 0 Å². The number of rotatable bonds is 2. The molecule has 0 saturated heterocycles. The van der Waals surface area contributed by atoms with Crippen molar-refractivity contribution in [3.63, 3.8) is 0 Å². The summed E-state index contributed by atoms with van der Waals surface area (Å²) in [5.74, 6) is 0. The predicted octanol–water partition coefficient (Wildman–Crippen LogP) is 0.605. The van der Waals surface area contributed by atoms with Crippen LogP contribution >= 0.6 is 0 Å². The number of hydrogen-bond donors (Lipinski definition) is 1. The summed E-state index contributed by atoms with van der Waals surface area (Å²) >= 11 is 0.448. The average molecular weight is 229 g/mol. The second-order valence-electron chi connectivity index (χ2n) is 3.27. The van der Waals surface area contributed by atoms with Crippen molar-refractivity contribution >= 4 is 14.7 Å². The molecular weight excluding hydrogens is 215 g/mol. The molecule has 0 amide bonds. The third-order valence-corrected chi connectivity index (χ3v) is 4.22. The summed E-state index contributed by atoms with van der Waals surface area (Å²) in [7, 11) is 0. The molecule has 0 fully saturated rings. The number of nitrogens with one attached hydrogen (secondary N) is 1. The van der Waals surface area contributed by atoms with Crippen LogP contribution in [-0.4, -0.2) is 31.3 Å². The zero-order chi connectivity index (χ0) is 8.39. The van der Waals surface area contributed by atoms with Crippen LogP contribution in [0.4, 0.5) is 0 Å². The second-order valence-corrected chi connectivity index (χ2v) is 5.13. The molecule has 0 aliphatic heterocycles. The van der Waals surface area contributed by atoms with Crippen molar-refractivity contribution < 1.29 is 0 Å². The minimum absolute atomic E-state index is 0.448. The first-order valence-electron chi connectivity index (χ1n) is 4.56. The Labute approximate surface area is 79.4 Å². The van der Waals surface area contributed by atoms with Crippen molar-refractivity contribution in [3.05, 3.63) is 16.2 Å². The van der Waals surface area contributed by atoms with Gasteiger partial charge in [0.15, 0.2) is 0 Å². The van der Waals surface area contributed by atoms with E-state index in [2.05, 4.69) is 22.4 Å². The molecule has 1 atom stereocenters. The molecule has 1 aliphatic carbocycles. The number of aryl methyl sites for hydroxylation is 1. The number of aromatic nitrogens is 1. The van der Waals surface area contributed by atoms with Gasteiger partial charge in [0.05, 0.1) is 0 Å². The first kappa shape index (κ1) is 8.49. The van der Waals surface area contributed by atoms with Gasteiger partial charge in [0.2, 0.25) is 0 Å². The molecule has 1 N–H and O–H groups in total. The Bertz CT molecular complexity index is 257. The van der Waals surface area contributed by atoms with Crippen LogP contribution in [0.25, 0.3) is 0 Å². The standard InChI is InChI=1S/C9H14N2Se/c1-2-10-8-4-3-7-6-11-12-9(7)5-8/h6,8,10H,2-5H2,1H3. The summed E-state index contributed by atoms with van der Waals surface area (Å²) in [6, 6.07) is 0.734. The molecule has 1 aliphatic rings. The maximum absolute atomic E-state index is 4.36. The molecule has 3 heteroatoms. The first-order valence-corrected chi connectivity index (χ1v) is 6.18. The topological polar surface area (TPSA) is 24.9 Å². The Kier molecular flexibility index (Phi) is 2.64. The fraction of sp³-hybridized carbons (Fsp3) is 0.667. The monoisotopic (exact) mass is 230 g/mol. The van der Waals surface area contributed by atoms with Crippen molar-refractivity contribution in [1.82, 2.24) is 9.30 Å². The van der Waals surface area contributed by atoms with Crippen LogP contribution in [0.2, 0.25) is 0 Å². The van der Waals surface area contributed by atoms with E-state index in [4.69, 9.17) is 0 Å². The third-order valence-electron chi connectivity index (χ3n) is 2.42. The zero-order valence-electron chi connectivity index (χ0n) is 7.34. The zero-order valence-corrected chi connectivity index (χ0v) is 9.05. The number of nitrogens with zero attached hydrogens (tertiary/aromatic N) is 1. The predicted molar refractivity (Wildman–Crippen MR) is 50.7 cm³/mol. The van der Waals surface area contributed by atoms with E-state index in [1.165, 1.54) is 19.3 Å². The SMILES string of the molecule is CCNC1CCc2cn[se]c2C1. The Balaban J connectivity index is 2.05. The number of hydrogen-bond acceptors (Lipinski definition) is 2. The molecule has 0 aromatic carbocycles. The fourth-order valence-corrected chi connectivity index (χ4v) is 3.57. The molecule has 1 unspecified atom stereocenters. The molecule has 12 heavy (non-hydrogen) atoms. The van der Waals surface area contributed by atoms with E-state index >= 15 is 0 Å². The van der Waals surface area contributed by atoms with Crippen molar-refractivity contribution in [1.29, 1.82) is 0 Å². The third kappa shape index (κ3) is 1.63. The van der Waals surface area contributed by atoms with Crippen LogP contribution in [0.3, 0.4) is 0 Å². The van der Waals surface area contributed by atoms with Gasteiger partial charge in [0.1, 0.15) is 0 Å². The van der Waals surface area contributed by atoms with Gasteiger partial charge in [-0.15, -0.1) is 0 Å². The van der Waals surface area contributed by atoms with Crippen LogP contribution < -0.4 is 5.32 Å². The molecule has 0 spiro atoms. The molecule has 0 saturated carbocycles.